The Hall–Kier alpha value is -2.70. The molecular formula is C13H12FN3O3. The van der Waals surface area contributed by atoms with Crippen LogP contribution in [0.25, 0.3) is 11.3 Å². The van der Waals surface area contributed by atoms with Crippen LogP contribution in [0.15, 0.2) is 24.3 Å². The summed E-state index contributed by atoms with van der Waals surface area (Å²) in [7, 11) is 0. The molecule has 0 radical (unpaired) electrons. The SMILES string of the molecule is CC(C(=O)O)n1nc(-c2ccc(F)cc2)c(C=O)c1N. The molecule has 0 aliphatic rings. The summed E-state index contributed by atoms with van der Waals surface area (Å²) in [6.07, 6.45) is 0.506. The van der Waals surface area contributed by atoms with Crippen LogP contribution >= 0.6 is 0 Å². The molecule has 3 N–H and O–H groups in total. The van der Waals surface area contributed by atoms with Crippen LogP contribution in [0.5, 0.6) is 0 Å². The van der Waals surface area contributed by atoms with Gasteiger partial charge in [-0.05, 0) is 31.2 Å². The lowest BCUT2D eigenvalue weighted by Crippen LogP contribution is -2.18. The second kappa shape index (κ2) is 5.12. The first-order valence-electron chi connectivity index (χ1n) is 5.77. The molecule has 20 heavy (non-hydrogen) atoms. The predicted octanol–water partition coefficient (Wildman–Crippen LogP) is 1.73. The van der Waals surface area contributed by atoms with E-state index in [2.05, 4.69) is 5.10 Å². The van der Waals surface area contributed by atoms with Gasteiger partial charge in [0.25, 0.3) is 0 Å². The first-order valence-corrected chi connectivity index (χ1v) is 5.77. The highest BCUT2D eigenvalue weighted by Gasteiger charge is 2.23. The van der Waals surface area contributed by atoms with E-state index in [-0.39, 0.29) is 17.1 Å². The monoisotopic (exact) mass is 277 g/mol. The second-order valence-corrected chi connectivity index (χ2v) is 4.23. The molecule has 1 unspecified atom stereocenters. The summed E-state index contributed by atoms with van der Waals surface area (Å²) in [5.41, 5.74) is 6.55. The number of anilines is 1. The summed E-state index contributed by atoms with van der Waals surface area (Å²) >= 11 is 0. The number of carbonyl (C=O) groups is 2. The Morgan fingerprint density at radius 2 is 2.05 bits per heavy atom. The quantitative estimate of drug-likeness (QED) is 0.829. The molecule has 2 aromatic rings. The zero-order chi connectivity index (χ0) is 14.9. The Labute approximate surface area is 113 Å². The summed E-state index contributed by atoms with van der Waals surface area (Å²) in [5.74, 6) is -1.58. The van der Waals surface area contributed by atoms with Crippen molar-refractivity contribution in [1.29, 1.82) is 0 Å². The molecule has 0 saturated carbocycles. The second-order valence-electron chi connectivity index (χ2n) is 4.23. The van der Waals surface area contributed by atoms with Gasteiger partial charge in [-0.25, -0.2) is 13.9 Å². The molecule has 0 aliphatic heterocycles. The number of nitrogen functional groups attached to an aromatic ring is 1. The fourth-order valence-electron chi connectivity index (χ4n) is 1.80. The number of aldehydes is 1. The molecule has 0 amide bonds. The van der Waals surface area contributed by atoms with Gasteiger partial charge in [0.2, 0.25) is 0 Å². The number of halogens is 1. The smallest absolute Gasteiger partial charge is 0.328 e. The zero-order valence-corrected chi connectivity index (χ0v) is 10.6. The lowest BCUT2D eigenvalue weighted by Gasteiger charge is -2.08. The van der Waals surface area contributed by atoms with Gasteiger partial charge in [0.15, 0.2) is 6.29 Å². The van der Waals surface area contributed by atoms with Crippen LogP contribution in [0.1, 0.15) is 23.3 Å². The third kappa shape index (κ3) is 2.25. The Balaban J connectivity index is 2.59. The van der Waals surface area contributed by atoms with E-state index >= 15 is 0 Å². The Morgan fingerprint density at radius 3 is 2.55 bits per heavy atom. The van der Waals surface area contributed by atoms with Gasteiger partial charge < -0.3 is 10.8 Å². The highest BCUT2D eigenvalue weighted by Crippen LogP contribution is 2.28. The minimum atomic E-state index is -1.12. The third-order valence-corrected chi connectivity index (χ3v) is 2.95. The average Bonchev–Trinajstić information content (AvgIpc) is 2.75. The standard InChI is InChI=1S/C13H12FN3O3/c1-7(13(19)20)17-12(15)10(6-18)11(16-17)8-2-4-9(14)5-3-8/h2-7H,15H2,1H3,(H,19,20). The van der Waals surface area contributed by atoms with Crippen LogP contribution in [0, 0.1) is 5.82 Å². The largest absolute Gasteiger partial charge is 0.480 e. The topological polar surface area (TPSA) is 98.2 Å². The van der Waals surface area contributed by atoms with E-state index in [9.17, 15) is 14.0 Å². The number of hydrogen-bond acceptors (Lipinski definition) is 4. The number of rotatable bonds is 4. The Kier molecular flexibility index (Phi) is 3.51. The molecule has 0 bridgehead atoms. The van der Waals surface area contributed by atoms with Crippen LogP contribution in [0.4, 0.5) is 10.2 Å². The number of benzene rings is 1. The Morgan fingerprint density at radius 1 is 1.45 bits per heavy atom. The summed E-state index contributed by atoms with van der Waals surface area (Å²) < 4.78 is 14.0. The molecule has 0 saturated heterocycles. The van der Waals surface area contributed by atoms with Crippen molar-refractivity contribution >= 4 is 18.1 Å². The molecule has 6 nitrogen and oxygen atoms in total. The van der Waals surface area contributed by atoms with Crippen LogP contribution in [0.3, 0.4) is 0 Å². The number of hydrogen-bond donors (Lipinski definition) is 2. The summed E-state index contributed by atoms with van der Waals surface area (Å²) in [6, 6.07) is 4.32. The van der Waals surface area contributed by atoms with Crippen molar-refractivity contribution in [3.63, 3.8) is 0 Å². The molecule has 1 aromatic carbocycles. The normalized spacial score (nSPS) is 12.1. The molecule has 1 atom stereocenters. The number of aromatic nitrogens is 2. The van der Waals surface area contributed by atoms with E-state index in [4.69, 9.17) is 10.8 Å². The fraction of sp³-hybridized carbons (Fsp3) is 0.154. The van der Waals surface area contributed by atoms with E-state index < -0.39 is 17.8 Å². The number of nitrogens with two attached hydrogens (primary N) is 1. The molecule has 1 heterocycles. The maximum atomic E-state index is 12.9. The van der Waals surface area contributed by atoms with Crippen LogP contribution in [-0.4, -0.2) is 27.1 Å². The predicted molar refractivity (Wildman–Crippen MR) is 69.8 cm³/mol. The number of carboxylic acid groups (broad SMARTS) is 1. The molecular weight excluding hydrogens is 265 g/mol. The number of carboxylic acids is 1. The molecule has 0 spiro atoms. The highest BCUT2D eigenvalue weighted by molar-refractivity contribution is 5.92. The number of carbonyl (C=O) groups excluding carboxylic acids is 1. The summed E-state index contributed by atoms with van der Waals surface area (Å²) in [4.78, 5) is 22.1. The van der Waals surface area contributed by atoms with Crippen molar-refractivity contribution in [1.82, 2.24) is 9.78 Å². The van der Waals surface area contributed by atoms with Crippen molar-refractivity contribution in [2.75, 3.05) is 5.73 Å². The maximum absolute atomic E-state index is 12.9. The van der Waals surface area contributed by atoms with E-state index in [1.165, 1.54) is 31.2 Å². The number of nitrogens with zero attached hydrogens (tertiary/aromatic N) is 2. The molecule has 1 aromatic heterocycles. The molecule has 104 valence electrons. The van der Waals surface area contributed by atoms with Crippen LogP contribution in [-0.2, 0) is 4.79 Å². The maximum Gasteiger partial charge on any atom is 0.328 e. The minimum Gasteiger partial charge on any atom is -0.480 e. The van der Waals surface area contributed by atoms with Crippen molar-refractivity contribution in [3.8, 4) is 11.3 Å². The van der Waals surface area contributed by atoms with Gasteiger partial charge >= 0.3 is 5.97 Å². The minimum absolute atomic E-state index is 0.0331. The van der Waals surface area contributed by atoms with Gasteiger partial charge in [-0.1, -0.05) is 0 Å². The average molecular weight is 277 g/mol. The molecule has 2 rings (SSSR count). The van der Waals surface area contributed by atoms with E-state index in [0.29, 0.717) is 11.8 Å². The van der Waals surface area contributed by atoms with E-state index in [0.717, 1.165) is 4.68 Å². The highest BCUT2D eigenvalue weighted by atomic mass is 19.1. The first-order chi connectivity index (χ1) is 9.45. The zero-order valence-electron chi connectivity index (χ0n) is 10.6. The molecule has 7 heteroatoms. The van der Waals surface area contributed by atoms with Gasteiger partial charge in [0, 0.05) is 5.56 Å². The van der Waals surface area contributed by atoms with E-state index in [1.54, 1.807) is 0 Å². The lowest BCUT2D eigenvalue weighted by molar-refractivity contribution is -0.140. The third-order valence-electron chi connectivity index (χ3n) is 2.95. The van der Waals surface area contributed by atoms with Crippen molar-refractivity contribution < 1.29 is 19.1 Å². The van der Waals surface area contributed by atoms with Crippen LogP contribution < -0.4 is 5.73 Å². The van der Waals surface area contributed by atoms with Gasteiger partial charge in [-0.3, -0.25) is 4.79 Å². The molecule has 0 aliphatic carbocycles. The first kappa shape index (κ1) is 13.7. The molecule has 0 fully saturated rings. The van der Waals surface area contributed by atoms with Gasteiger partial charge in [0.05, 0.1) is 5.56 Å². The van der Waals surface area contributed by atoms with Gasteiger partial charge in [-0.15, -0.1) is 0 Å². The van der Waals surface area contributed by atoms with Crippen LogP contribution in [0.2, 0.25) is 0 Å². The van der Waals surface area contributed by atoms with E-state index in [1.807, 2.05) is 0 Å². The Bertz CT molecular complexity index is 664. The lowest BCUT2D eigenvalue weighted by atomic mass is 10.1. The van der Waals surface area contributed by atoms with Crippen molar-refractivity contribution in [2.24, 2.45) is 0 Å². The number of aliphatic carboxylic acids is 1. The van der Waals surface area contributed by atoms with Gasteiger partial charge in [0.1, 0.15) is 23.4 Å². The van der Waals surface area contributed by atoms with Crippen molar-refractivity contribution in [3.05, 3.63) is 35.6 Å². The van der Waals surface area contributed by atoms with Gasteiger partial charge in [-0.2, -0.15) is 5.10 Å². The summed E-state index contributed by atoms with van der Waals surface area (Å²) in [5, 5.41) is 13.0. The fourth-order valence-corrected chi connectivity index (χ4v) is 1.80. The summed E-state index contributed by atoms with van der Waals surface area (Å²) in [6.45, 7) is 1.40. The van der Waals surface area contributed by atoms with Crippen molar-refractivity contribution in [2.45, 2.75) is 13.0 Å².